The molecule has 4 heteroatoms. The van der Waals surface area contributed by atoms with Crippen LogP contribution in [0.25, 0.3) is 0 Å². The predicted octanol–water partition coefficient (Wildman–Crippen LogP) is 1.68. The lowest BCUT2D eigenvalue weighted by atomic mass is 9.70. The van der Waals surface area contributed by atoms with Gasteiger partial charge in [-0.15, -0.1) is 0 Å². The number of amides is 1. The smallest absolute Gasteiger partial charge is 0.227 e. The quantitative estimate of drug-likeness (QED) is 0.760. The number of ether oxygens (including phenoxy) is 1. The van der Waals surface area contributed by atoms with Gasteiger partial charge in [-0.1, -0.05) is 6.92 Å². The van der Waals surface area contributed by atoms with Crippen molar-refractivity contribution in [3.05, 3.63) is 0 Å². The lowest BCUT2D eigenvalue weighted by molar-refractivity contribution is -0.133. The maximum atomic E-state index is 12.3. The van der Waals surface area contributed by atoms with Crippen molar-refractivity contribution in [2.24, 2.45) is 17.1 Å². The highest BCUT2D eigenvalue weighted by Crippen LogP contribution is 2.38. The molecule has 1 atom stereocenters. The Morgan fingerprint density at radius 2 is 2.11 bits per heavy atom. The maximum absolute atomic E-state index is 12.3. The van der Waals surface area contributed by atoms with E-state index in [0.29, 0.717) is 19.7 Å². The largest absolute Gasteiger partial charge is 0.377 e. The van der Waals surface area contributed by atoms with Crippen LogP contribution in [0.3, 0.4) is 0 Å². The molecule has 1 fully saturated rings. The molecule has 1 aliphatic carbocycles. The Kier molecular flexibility index (Phi) is 6.09. The van der Waals surface area contributed by atoms with Crippen LogP contribution < -0.4 is 11.1 Å². The zero-order valence-electron chi connectivity index (χ0n) is 12.0. The van der Waals surface area contributed by atoms with Crippen molar-refractivity contribution in [1.29, 1.82) is 0 Å². The molecule has 0 heterocycles. The van der Waals surface area contributed by atoms with E-state index in [1.807, 2.05) is 13.8 Å². The molecule has 3 N–H and O–H groups in total. The van der Waals surface area contributed by atoms with E-state index in [1.165, 1.54) is 0 Å². The van der Waals surface area contributed by atoms with Crippen LogP contribution in [0.15, 0.2) is 0 Å². The van der Waals surface area contributed by atoms with Gasteiger partial charge in [0.25, 0.3) is 0 Å². The monoisotopic (exact) mass is 256 g/mol. The third-order valence-corrected chi connectivity index (χ3v) is 4.11. The van der Waals surface area contributed by atoms with Crippen molar-refractivity contribution in [2.45, 2.75) is 52.6 Å². The summed E-state index contributed by atoms with van der Waals surface area (Å²) in [6.07, 6.45) is 4.10. The summed E-state index contributed by atoms with van der Waals surface area (Å²) in [7, 11) is 0. The van der Waals surface area contributed by atoms with E-state index in [2.05, 4.69) is 12.2 Å². The van der Waals surface area contributed by atoms with Gasteiger partial charge in [0.05, 0.1) is 11.5 Å². The molecule has 0 saturated heterocycles. The molecule has 1 saturated carbocycles. The van der Waals surface area contributed by atoms with Crippen molar-refractivity contribution < 1.29 is 9.53 Å². The Morgan fingerprint density at radius 1 is 1.50 bits per heavy atom. The highest BCUT2D eigenvalue weighted by Gasteiger charge is 2.39. The summed E-state index contributed by atoms with van der Waals surface area (Å²) < 4.78 is 5.42. The van der Waals surface area contributed by atoms with Crippen molar-refractivity contribution in [2.75, 3.05) is 19.7 Å². The van der Waals surface area contributed by atoms with E-state index >= 15 is 0 Å². The zero-order chi connectivity index (χ0) is 13.6. The highest BCUT2D eigenvalue weighted by molar-refractivity contribution is 5.83. The molecule has 106 valence electrons. The lowest BCUT2D eigenvalue weighted by Crippen LogP contribution is -2.49. The van der Waals surface area contributed by atoms with Gasteiger partial charge in [-0.2, -0.15) is 0 Å². The number of carbonyl (C=O) groups excluding carboxylic acids is 1. The van der Waals surface area contributed by atoms with E-state index in [0.717, 1.165) is 31.6 Å². The number of hydrogen-bond donors (Lipinski definition) is 2. The normalized spacial score (nSPS) is 29.9. The fourth-order valence-corrected chi connectivity index (χ4v) is 2.61. The highest BCUT2D eigenvalue weighted by atomic mass is 16.5. The summed E-state index contributed by atoms with van der Waals surface area (Å²) in [4.78, 5) is 12.3. The summed E-state index contributed by atoms with van der Waals surface area (Å²) in [5.74, 6) is 0.836. The van der Waals surface area contributed by atoms with E-state index in [9.17, 15) is 4.79 Å². The maximum Gasteiger partial charge on any atom is 0.227 e. The van der Waals surface area contributed by atoms with Crippen molar-refractivity contribution in [1.82, 2.24) is 5.32 Å². The standard InChI is InChI=1S/C14H28N2O2/c1-4-18-12(3)9-16-13(17)14(10-15)7-5-11(2)6-8-14/h11-12H,4-10,15H2,1-3H3,(H,16,17). The van der Waals surface area contributed by atoms with Crippen LogP contribution in [0.1, 0.15) is 46.5 Å². The Hall–Kier alpha value is -0.610. The molecule has 0 radical (unpaired) electrons. The Balaban J connectivity index is 2.47. The van der Waals surface area contributed by atoms with E-state index in [4.69, 9.17) is 10.5 Å². The average molecular weight is 256 g/mol. The molecule has 1 rings (SSSR count). The van der Waals surface area contributed by atoms with Crippen LogP contribution >= 0.6 is 0 Å². The minimum Gasteiger partial charge on any atom is -0.377 e. The first-order valence-electron chi connectivity index (χ1n) is 7.14. The first-order valence-corrected chi connectivity index (χ1v) is 7.14. The summed E-state index contributed by atoms with van der Waals surface area (Å²) in [6, 6.07) is 0. The number of nitrogens with one attached hydrogen (secondary N) is 1. The van der Waals surface area contributed by atoms with Gasteiger partial charge in [0, 0.05) is 19.7 Å². The van der Waals surface area contributed by atoms with Crippen LogP contribution in [0.5, 0.6) is 0 Å². The topological polar surface area (TPSA) is 64.3 Å². The summed E-state index contributed by atoms with van der Waals surface area (Å²) >= 11 is 0. The Morgan fingerprint density at radius 3 is 2.61 bits per heavy atom. The van der Waals surface area contributed by atoms with E-state index < -0.39 is 0 Å². The van der Waals surface area contributed by atoms with Gasteiger partial charge >= 0.3 is 0 Å². The third kappa shape index (κ3) is 3.95. The summed E-state index contributed by atoms with van der Waals surface area (Å²) in [5, 5.41) is 3.00. The van der Waals surface area contributed by atoms with E-state index in [-0.39, 0.29) is 17.4 Å². The molecule has 1 unspecified atom stereocenters. The van der Waals surface area contributed by atoms with Gasteiger partial charge < -0.3 is 15.8 Å². The van der Waals surface area contributed by atoms with Gasteiger partial charge in [0.1, 0.15) is 0 Å². The second-order valence-corrected chi connectivity index (χ2v) is 5.64. The van der Waals surface area contributed by atoms with Crippen LogP contribution in [0.2, 0.25) is 0 Å². The van der Waals surface area contributed by atoms with Gasteiger partial charge in [-0.25, -0.2) is 0 Å². The molecule has 0 aliphatic heterocycles. The Labute approximate surface area is 111 Å². The number of rotatable bonds is 6. The number of nitrogens with two attached hydrogens (primary N) is 1. The van der Waals surface area contributed by atoms with Crippen LogP contribution in [-0.4, -0.2) is 31.7 Å². The van der Waals surface area contributed by atoms with Gasteiger partial charge in [-0.05, 0) is 45.4 Å². The molecule has 0 aromatic carbocycles. The minimum absolute atomic E-state index is 0.0660. The van der Waals surface area contributed by atoms with Crippen molar-refractivity contribution >= 4 is 5.91 Å². The molecule has 0 aromatic rings. The lowest BCUT2D eigenvalue weighted by Gasteiger charge is -2.37. The fourth-order valence-electron chi connectivity index (χ4n) is 2.61. The van der Waals surface area contributed by atoms with Crippen LogP contribution in [0, 0.1) is 11.3 Å². The number of carbonyl (C=O) groups is 1. The fraction of sp³-hybridized carbons (Fsp3) is 0.929. The minimum atomic E-state index is -0.335. The van der Waals surface area contributed by atoms with Crippen molar-refractivity contribution in [3.8, 4) is 0 Å². The summed E-state index contributed by atoms with van der Waals surface area (Å²) in [5.41, 5.74) is 5.52. The molecule has 0 bridgehead atoms. The first-order chi connectivity index (χ1) is 8.54. The molecule has 0 aromatic heterocycles. The predicted molar refractivity (Wildman–Crippen MR) is 73.2 cm³/mol. The van der Waals surface area contributed by atoms with Gasteiger partial charge in [-0.3, -0.25) is 4.79 Å². The molecular weight excluding hydrogens is 228 g/mol. The third-order valence-electron chi connectivity index (χ3n) is 4.11. The molecular formula is C14H28N2O2. The SMILES string of the molecule is CCOC(C)CNC(=O)C1(CN)CCC(C)CC1. The molecule has 1 amide bonds. The van der Waals surface area contributed by atoms with E-state index in [1.54, 1.807) is 0 Å². The van der Waals surface area contributed by atoms with Gasteiger partial charge in [0.2, 0.25) is 5.91 Å². The second-order valence-electron chi connectivity index (χ2n) is 5.64. The molecule has 4 nitrogen and oxygen atoms in total. The van der Waals surface area contributed by atoms with Gasteiger partial charge in [0.15, 0.2) is 0 Å². The van der Waals surface area contributed by atoms with Crippen LogP contribution in [0.4, 0.5) is 0 Å². The average Bonchev–Trinajstić information content (AvgIpc) is 2.38. The van der Waals surface area contributed by atoms with Crippen LogP contribution in [-0.2, 0) is 9.53 Å². The second kappa shape index (κ2) is 7.10. The zero-order valence-corrected chi connectivity index (χ0v) is 12.0. The molecule has 0 spiro atoms. The number of hydrogen-bond acceptors (Lipinski definition) is 3. The summed E-state index contributed by atoms with van der Waals surface area (Å²) in [6.45, 7) is 7.88. The Bertz CT molecular complexity index is 261. The molecule has 1 aliphatic rings. The molecule has 18 heavy (non-hydrogen) atoms. The van der Waals surface area contributed by atoms with Crippen molar-refractivity contribution in [3.63, 3.8) is 0 Å². The first kappa shape index (κ1) is 15.4.